The summed E-state index contributed by atoms with van der Waals surface area (Å²) in [5.74, 6) is 0. The molecule has 0 aromatic heterocycles. The number of nitro groups is 1. The van der Waals surface area contributed by atoms with Gasteiger partial charge in [-0.25, -0.2) is 0 Å². The lowest BCUT2D eigenvalue weighted by molar-refractivity contribution is -0.384. The zero-order valence-electron chi connectivity index (χ0n) is 8.69. The SMILES string of the molecule is C=CCCNc1ccc([N+](=O)[O-])cc1C. The fraction of sp³-hybridized carbons (Fsp3) is 0.273. The van der Waals surface area contributed by atoms with Crippen LogP contribution < -0.4 is 5.32 Å². The first kappa shape index (κ1) is 11.2. The van der Waals surface area contributed by atoms with Gasteiger partial charge in [0.2, 0.25) is 0 Å². The zero-order valence-corrected chi connectivity index (χ0v) is 8.69. The summed E-state index contributed by atoms with van der Waals surface area (Å²) in [6.45, 7) is 6.27. The minimum atomic E-state index is -0.388. The number of hydrogen-bond acceptors (Lipinski definition) is 3. The first-order valence-electron chi connectivity index (χ1n) is 4.75. The summed E-state index contributed by atoms with van der Waals surface area (Å²) in [5, 5.41) is 13.7. The second-order valence-electron chi connectivity index (χ2n) is 3.26. The van der Waals surface area contributed by atoms with E-state index in [4.69, 9.17) is 0 Å². The van der Waals surface area contributed by atoms with Gasteiger partial charge in [-0.05, 0) is 25.0 Å². The number of non-ortho nitro benzene ring substituents is 1. The lowest BCUT2D eigenvalue weighted by Gasteiger charge is -2.07. The molecule has 0 aliphatic carbocycles. The van der Waals surface area contributed by atoms with Crippen molar-refractivity contribution in [1.82, 2.24) is 0 Å². The molecule has 0 fully saturated rings. The predicted octanol–water partition coefficient (Wildman–Crippen LogP) is 2.89. The minimum Gasteiger partial charge on any atom is -0.385 e. The second-order valence-corrected chi connectivity index (χ2v) is 3.26. The fourth-order valence-electron chi connectivity index (χ4n) is 1.27. The molecule has 0 spiro atoms. The number of hydrogen-bond donors (Lipinski definition) is 1. The van der Waals surface area contributed by atoms with E-state index in [-0.39, 0.29) is 10.6 Å². The van der Waals surface area contributed by atoms with Crippen molar-refractivity contribution in [2.45, 2.75) is 13.3 Å². The van der Waals surface area contributed by atoms with E-state index in [0.717, 1.165) is 24.2 Å². The molecule has 0 radical (unpaired) electrons. The number of anilines is 1. The Balaban J connectivity index is 2.74. The van der Waals surface area contributed by atoms with Gasteiger partial charge in [0, 0.05) is 24.4 Å². The molecule has 80 valence electrons. The van der Waals surface area contributed by atoms with Gasteiger partial charge in [-0.3, -0.25) is 10.1 Å². The van der Waals surface area contributed by atoms with Gasteiger partial charge < -0.3 is 5.32 Å². The van der Waals surface area contributed by atoms with Gasteiger partial charge >= 0.3 is 0 Å². The molecule has 0 amide bonds. The van der Waals surface area contributed by atoms with Crippen molar-refractivity contribution in [3.63, 3.8) is 0 Å². The summed E-state index contributed by atoms with van der Waals surface area (Å²) in [4.78, 5) is 10.1. The highest BCUT2D eigenvalue weighted by molar-refractivity contribution is 5.55. The topological polar surface area (TPSA) is 55.2 Å². The maximum absolute atomic E-state index is 10.5. The van der Waals surface area contributed by atoms with E-state index in [1.807, 2.05) is 13.0 Å². The van der Waals surface area contributed by atoms with Gasteiger partial charge in [0.1, 0.15) is 0 Å². The third-order valence-electron chi connectivity index (χ3n) is 2.08. The number of rotatable bonds is 5. The van der Waals surface area contributed by atoms with Crippen LogP contribution in [0.15, 0.2) is 30.9 Å². The Labute approximate surface area is 88.8 Å². The summed E-state index contributed by atoms with van der Waals surface area (Å²) < 4.78 is 0. The van der Waals surface area contributed by atoms with Crippen molar-refractivity contribution in [3.8, 4) is 0 Å². The molecule has 4 heteroatoms. The molecule has 15 heavy (non-hydrogen) atoms. The highest BCUT2D eigenvalue weighted by Gasteiger charge is 2.06. The van der Waals surface area contributed by atoms with Crippen molar-refractivity contribution >= 4 is 11.4 Å². The van der Waals surface area contributed by atoms with E-state index < -0.39 is 0 Å². The summed E-state index contributed by atoms with van der Waals surface area (Å²) in [6, 6.07) is 4.80. The number of aryl methyl sites for hydroxylation is 1. The van der Waals surface area contributed by atoms with Gasteiger partial charge in [0.25, 0.3) is 5.69 Å². The normalized spacial score (nSPS) is 9.67. The number of benzene rings is 1. The van der Waals surface area contributed by atoms with Crippen LogP contribution in [0.1, 0.15) is 12.0 Å². The Morgan fingerprint density at radius 3 is 2.87 bits per heavy atom. The van der Waals surface area contributed by atoms with Crippen molar-refractivity contribution in [2.75, 3.05) is 11.9 Å². The van der Waals surface area contributed by atoms with E-state index in [1.165, 1.54) is 6.07 Å². The standard InChI is InChI=1S/C11H14N2O2/c1-3-4-7-12-11-6-5-10(13(14)15)8-9(11)2/h3,5-6,8,12H,1,4,7H2,2H3. The van der Waals surface area contributed by atoms with E-state index in [0.29, 0.717) is 0 Å². The van der Waals surface area contributed by atoms with Crippen molar-refractivity contribution < 1.29 is 4.92 Å². The summed E-state index contributed by atoms with van der Waals surface area (Å²) >= 11 is 0. The van der Waals surface area contributed by atoms with Crippen LogP contribution in [-0.4, -0.2) is 11.5 Å². The molecule has 0 aliphatic heterocycles. The minimum absolute atomic E-state index is 0.127. The van der Waals surface area contributed by atoms with E-state index in [1.54, 1.807) is 12.1 Å². The van der Waals surface area contributed by atoms with Crippen LogP contribution in [0.3, 0.4) is 0 Å². The van der Waals surface area contributed by atoms with E-state index in [9.17, 15) is 10.1 Å². The molecule has 0 aliphatic rings. The largest absolute Gasteiger partial charge is 0.385 e. The summed E-state index contributed by atoms with van der Waals surface area (Å²) in [5.41, 5.74) is 1.94. The average molecular weight is 206 g/mol. The molecule has 0 atom stereocenters. The van der Waals surface area contributed by atoms with Crippen LogP contribution >= 0.6 is 0 Å². The molecule has 0 saturated heterocycles. The Bertz CT molecular complexity index is 375. The van der Waals surface area contributed by atoms with Crippen LogP contribution in [0.25, 0.3) is 0 Å². The van der Waals surface area contributed by atoms with Crippen LogP contribution in [0.5, 0.6) is 0 Å². The van der Waals surface area contributed by atoms with Gasteiger partial charge in [-0.15, -0.1) is 6.58 Å². The van der Waals surface area contributed by atoms with Crippen LogP contribution in [0.4, 0.5) is 11.4 Å². The lowest BCUT2D eigenvalue weighted by atomic mass is 10.2. The highest BCUT2D eigenvalue weighted by Crippen LogP contribution is 2.20. The molecule has 0 saturated carbocycles. The fourth-order valence-corrected chi connectivity index (χ4v) is 1.27. The zero-order chi connectivity index (χ0) is 11.3. The van der Waals surface area contributed by atoms with Crippen LogP contribution in [0.2, 0.25) is 0 Å². The smallest absolute Gasteiger partial charge is 0.269 e. The third kappa shape index (κ3) is 3.09. The van der Waals surface area contributed by atoms with E-state index >= 15 is 0 Å². The molecule has 1 N–H and O–H groups in total. The van der Waals surface area contributed by atoms with Crippen LogP contribution in [-0.2, 0) is 0 Å². The maximum atomic E-state index is 10.5. The molecule has 1 aromatic rings. The molecule has 1 rings (SSSR count). The van der Waals surface area contributed by atoms with Crippen molar-refractivity contribution in [1.29, 1.82) is 0 Å². The monoisotopic (exact) mass is 206 g/mol. The highest BCUT2D eigenvalue weighted by atomic mass is 16.6. The molecular weight excluding hydrogens is 192 g/mol. The first-order chi connectivity index (χ1) is 7.15. The number of nitrogens with one attached hydrogen (secondary N) is 1. The van der Waals surface area contributed by atoms with E-state index in [2.05, 4.69) is 11.9 Å². The first-order valence-corrected chi connectivity index (χ1v) is 4.75. The molecule has 0 heterocycles. The summed E-state index contributed by atoms with van der Waals surface area (Å²) in [7, 11) is 0. The van der Waals surface area contributed by atoms with Gasteiger partial charge in [0.15, 0.2) is 0 Å². The maximum Gasteiger partial charge on any atom is 0.269 e. The lowest BCUT2D eigenvalue weighted by Crippen LogP contribution is -2.02. The molecular formula is C11H14N2O2. The van der Waals surface area contributed by atoms with Gasteiger partial charge in [-0.1, -0.05) is 6.08 Å². The Morgan fingerprint density at radius 1 is 1.60 bits per heavy atom. The van der Waals surface area contributed by atoms with Gasteiger partial charge in [0.05, 0.1) is 4.92 Å². The molecule has 4 nitrogen and oxygen atoms in total. The third-order valence-corrected chi connectivity index (χ3v) is 2.08. The molecule has 0 unspecified atom stereocenters. The van der Waals surface area contributed by atoms with Crippen LogP contribution in [0, 0.1) is 17.0 Å². The Hall–Kier alpha value is -1.84. The van der Waals surface area contributed by atoms with Gasteiger partial charge in [-0.2, -0.15) is 0 Å². The van der Waals surface area contributed by atoms with Crippen molar-refractivity contribution in [2.24, 2.45) is 0 Å². The molecule has 0 bridgehead atoms. The molecule has 1 aromatic carbocycles. The number of nitro benzene ring substituents is 1. The Morgan fingerprint density at radius 2 is 2.33 bits per heavy atom. The summed E-state index contributed by atoms with van der Waals surface area (Å²) in [6.07, 6.45) is 2.70. The predicted molar refractivity (Wildman–Crippen MR) is 61.1 cm³/mol. The van der Waals surface area contributed by atoms with Crippen molar-refractivity contribution in [3.05, 3.63) is 46.5 Å². The Kier molecular flexibility index (Phi) is 3.85. The second kappa shape index (κ2) is 5.14. The average Bonchev–Trinajstić information content (AvgIpc) is 2.20. The number of nitrogens with zero attached hydrogens (tertiary/aromatic N) is 1. The quantitative estimate of drug-likeness (QED) is 0.349.